The number of hydrogen-bond acceptors (Lipinski definition) is 4. The summed E-state index contributed by atoms with van der Waals surface area (Å²) in [6, 6.07) is 1.31. The van der Waals surface area contributed by atoms with Crippen molar-refractivity contribution in [3.8, 4) is 0 Å². The summed E-state index contributed by atoms with van der Waals surface area (Å²) in [4.78, 5) is 8.47. The highest BCUT2D eigenvalue weighted by Gasteiger charge is 2.27. The fourth-order valence-corrected chi connectivity index (χ4v) is 3.73. The average molecular weight is 253 g/mol. The third kappa shape index (κ3) is 2.80. The first-order valence-corrected chi connectivity index (χ1v) is 7.43. The minimum absolute atomic E-state index is 0.631. The number of nitrogens with two attached hydrogens (primary N) is 1. The van der Waals surface area contributed by atoms with Crippen molar-refractivity contribution in [2.24, 2.45) is 0 Å². The molecule has 0 saturated carbocycles. The largest absolute Gasteiger partial charge is 0.375 e. The van der Waals surface area contributed by atoms with Crippen molar-refractivity contribution < 1.29 is 0 Å². The quantitative estimate of drug-likeness (QED) is 0.897. The van der Waals surface area contributed by atoms with Crippen LogP contribution in [-0.4, -0.2) is 28.5 Å². The number of hydrogen-bond donors (Lipinski definition) is 1. The summed E-state index contributed by atoms with van der Waals surface area (Å²) in [6.45, 7) is 8.05. The third-order valence-corrected chi connectivity index (χ3v) is 4.49. The summed E-state index contributed by atoms with van der Waals surface area (Å²) < 4.78 is 0. The van der Waals surface area contributed by atoms with Gasteiger partial charge in [0.05, 0.1) is 5.69 Å². The van der Waals surface area contributed by atoms with Gasteiger partial charge in [-0.3, -0.25) is 4.90 Å². The first kappa shape index (κ1) is 12.8. The van der Waals surface area contributed by atoms with Gasteiger partial charge in [0.25, 0.3) is 0 Å². The lowest BCUT2D eigenvalue weighted by Gasteiger charge is -2.36. The molecule has 0 aliphatic heterocycles. The van der Waals surface area contributed by atoms with E-state index >= 15 is 0 Å². The van der Waals surface area contributed by atoms with Crippen molar-refractivity contribution in [1.82, 2.24) is 9.88 Å². The highest BCUT2D eigenvalue weighted by atomic mass is 32.1. The lowest BCUT2D eigenvalue weighted by molar-refractivity contribution is 0.140. The van der Waals surface area contributed by atoms with E-state index in [9.17, 15) is 0 Å². The van der Waals surface area contributed by atoms with Crippen LogP contribution in [0.2, 0.25) is 0 Å². The second-order valence-corrected chi connectivity index (χ2v) is 6.27. The molecule has 1 aromatic heterocycles. The van der Waals surface area contributed by atoms with E-state index in [1.165, 1.54) is 30.0 Å². The van der Waals surface area contributed by atoms with Gasteiger partial charge in [-0.15, -0.1) is 11.3 Å². The summed E-state index contributed by atoms with van der Waals surface area (Å²) >= 11 is 1.68. The molecular weight excluding hydrogens is 230 g/mol. The topological polar surface area (TPSA) is 42.2 Å². The molecule has 0 aromatic carbocycles. The lowest BCUT2D eigenvalue weighted by atomic mass is 9.95. The van der Waals surface area contributed by atoms with Gasteiger partial charge >= 0.3 is 0 Å². The Labute approximate surface area is 108 Å². The Morgan fingerprint density at radius 1 is 1.53 bits per heavy atom. The van der Waals surface area contributed by atoms with Gasteiger partial charge in [0.15, 0.2) is 5.13 Å². The molecule has 0 amide bonds. The predicted molar refractivity (Wildman–Crippen MR) is 74.5 cm³/mol. The molecular formula is C13H23N3S. The maximum Gasteiger partial charge on any atom is 0.180 e. The number of aryl methyl sites for hydroxylation is 1. The van der Waals surface area contributed by atoms with Crippen molar-refractivity contribution in [1.29, 1.82) is 0 Å². The van der Waals surface area contributed by atoms with Crippen LogP contribution in [-0.2, 0) is 12.8 Å². The van der Waals surface area contributed by atoms with Gasteiger partial charge in [-0.25, -0.2) is 4.98 Å². The summed E-state index contributed by atoms with van der Waals surface area (Å²) in [6.07, 6.45) is 4.70. The normalized spacial score (nSPS) is 19.9. The number of nitrogens with zero attached hydrogens (tertiary/aromatic N) is 2. The molecule has 96 valence electrons. The molecule has 1 unspecified atom stereocenters. The zero-order valence-electron chi connectivity index (χ0n) is 11.1. The molecule has 0 spiro atoms. The molecule has 0 saturated heterocycles. The van der Waals surface area contributed by atoms with E-state index in [0.717, 1.165) is 18.0 Å². The van der Waals surface area contributed by atoms with Crippen molar-refractivity contribution in [2.75, 3.05) is 12.3 Å². The summed E-state index contributed by atoms with van der Waals surface area (Å²) in [5, 5.41) is 0.738. The second kappa shape index (κ2) is 5.36. The molecule has 1 atom stereocenters. The van der Waals surface area contributed by atoms with Crippen molar-refractivity contribution in [2.45, 2.75) is 58.5 Å². The molecule has 0 radical (unpaired) electrons. The molecule has 2 N–H and O–H groups in total. The van der Waals surface area contributed by atoms with Crippen LogP contribution < -0.4 is 5.73 Å². The zero-order chi connectivity index (χ0) is 12.4. The SMILES string of the molecule is CCCN(C(C)C)C1CCc2nc(N)sc2C1. The number of aromatic nitrogens is 1. The van der Waals surface area contributed by atoms with Crippen LogP contribution >= 0.6 is 11.3 Å². The predicted octanol–water partition coefficient (Wildman–Crippen LogP) is 2.70. The van der Waals surface area contributed by atoms with Crippen LogP contribution in [0.3, 0.4) is 0 Å². The molecule has 1 aliphatic carbocycles. The van der Waals surface area contributed by atoms with E-state index < -0.39 is 0 Å². The maximum atomic E-state index is 5.79. The molecule has 1 aliphatic rings. The molecule has 4 heteroatoms. The summed E-state index contributed by atoms with van der Waals surface area (Å²) in [5.74, 6) is 0. The van der Waals surface area contributed by atoms with E-state index in [0.29, 0.717) is 12.1 Å². The Morgan fingerprint density at radius 2 is 2.29 bits per heavy atom. The van der Waals surface area contributed by atoms with Gasteiger partial charge in [-0.2, -0.15) is 0 Å². The molecule has 0 bridgehead atoms. The van der Waals surface area contributed by atoms with Gasteiger partial charge in [0.2, 0.25) is 0 Å². The molecule has 3 nitrogen and oxygen atoms in total. The van der Waals surface area contributed by atoms with Gasteiger partial charge in [-0.05, 0) is 46.1 Å². The van der Waals surface area contributed by atoms with Crippen LogP contribution in [0, 0.1) is 0 Å². The monoisotopic (exact) mass is 253 g/mol. The minimum Gasteiger partial charge on any atom is -0.375 e. The number of nitrogen functional groups attached to an aromatic ring is 1. The van der Waals surface area contributed by atoms with Gasteiger partial charge < -0.3 is 5.73 Å². The van der Waals surface area contributed by atoms with E-state index in [-0.39, 0.29) is 0 Å². The number of fused-ring (bicyclic) bond motifs is 1. The molecule has 17 heavy (non-hydrogen) atoms. The zero-order valence-corrected chi connectivity index (χ0v) is 11.9. The lowest BCUT2D eigenvalue weighted by Crippen LogP contribution is -2.43. The smallest absolute Gasteiger partial charge is 0.180 e. The Morgan fingerprint density at radius 3 is 2.94 bits per heavy atom. The number of rotatable bonds is 4. The first-order chi connectivity index (χ1) is 8.11. The van der Waals surface area contributed by atoms with Crippen LogP contribution in [0.5, 0.6) is 0 Å². The third-order valence-electron chi connectivity index (χ3n) is 3.54. The van der Waals surface area contributed by atoms with Gasteiger partial charge in [0.1, 0.15) is 0 Å². The highest BCUT2D eigenvalue weighted by molar-refractivity contribution is 7.15. The van der Waals surface area contributed by atoms with E-state index in [4.69, 9.17) is 5.73 Å². The van der Waals surface area contributed by atoms with Crippen LogP contribution in [0.25, 0.3) is 0 Å². The fourth-order valence-electron chi connectivity index (χ4n) is 2.78. The van der Waals surface area contributed by atoms with Crippen molar-refractivity contribution >= 4 is 16.5 Å². The number of thiazole rings is 1. The Balaban J connectivity index is 2.09. The summed E-state index contributed by atoms with van der Waals surface area (Å²) in [7, 11) is 0. The maximum absolute atomic E-state index is 5.79. The molecule has 1 aromatic rings. The van der Waals surface area contributed by atoms with Crippen molar-refractivity contribution in [3.63, 3.8) is 0 Å². The van der Waals surface area contributed by atoms with E-state index in [1.54, 1.807) is 11.3 Å². The molecule has 0 fully saturated rings. The molecule has 1 heterocycles. The van der Waals surface area contributed by atoms with E-state index in [2.05, 4.69) is 30.7 Å². The Kier molecular flexibility index (Phi) is 4.05. The Hall–Kier alpha value is -0.610. The fraction of sp³-hybridized carbons (Fsp3) is 0.769. The van der Waals surface area contributed by atoms with Gasteiger partial charge in [-0.1, -0.05) is 6.92 Å². The summed E-state index contributed by atoms with van der Waals surface area (Å²) in [5.41, 5.74) is 7.05. The van der Waals surface area contributed by atoms with Crippen LogP contribution in [0.15, 0.2) is 0 Å². The minimum atomic E-state index is 0.631. The molecule has 2 rings (SSSR count). The van der Waals surface area contributed by atoms with Crippen LogP contribution in [0.4, 0.5) is 5.13 Å². The van der Waals surface area contributed by atoms with Crippen LogP contribution in [0.1, 0.15) is 44.2 Å². The average Bonchev–Trinajstić information content (AvgIpc) is 2.64. The Bertz CT molecular complexity index is 373. The number of anilines is 1. The second-order valence-electron chi connectivity index (χ2n) is 5.15. The first-order valence-electron chi connectivity index (χ1n) is 6.61. The van der Waals surface area contributed by atoms with E-state index in [1.807, 2.05) is 0 Å². The van der Waals surface area contributed by atoms with Gasteiger partial charge in [0, 0.05) is 17.0 Å². The highest BCUT2D eigenvalue weighted by Crippen LogP contribution is 2.30. The standard InChI is InChI=1S/C13H23N3S/c1-4-7-16(9(2)3)10-5-6-11-12(8-10)17-13(14)15-11/h9-10H,4-8H2,1-3H3,(H2,14,15). The van der Waals surface area contributed by atoms with Crippen molar-refractivity contribution in [3.05, 3.63) is 10.6 Å².